The molecule has 13 heavy (non-hydrogen) atoms. The maximum Gasteiger partial charge on any atom is 0.273 e. The fraction of sp³-hybridized carbons (Fsp3) is 0.667. The highest BCUT2D eigenvalue weighted by molar-refractivity contribution is 7.13. The highest BCUT2D eigenvalue weighted by atomic mass is 32.1. The average molecular weight is 200 g/mol. The smallest absolute Gasteiger partial charge is 0.273 e. The molecular formula is C9H16N2OS. The van der Waals surface area contributed by atoms with Gasteiger partial charge in [0.1, 0.15) is 0 Å². The molecule has 0 saturated carbocycles. The predicted octanol–water partition coefficient (Wildman–Crippen LogP) is 1.98. The summed E-state index contributed by atoms with van der Waals surface area (Å²) in [5.41, 5.74) is 5.85. The first-order valence-corrected chi connectivity index (χ1v) is 5.09. The van der Waals surface area contributed by atoms with Crippen molar-refractivity contribution in [1.82, 2.24) is 4.98 Å². The van der Waals surface area contributed by atoms with E-state index in [1.165, 1.54) is 11.3 Å². The van der Waals surface area contributed by atoms with Gasteiger partial charge in [-0.1, -0.05) is 25.2 Å². The van der Waals surface area contributed by atoms with E-state index in [1.54, 1.807) is 13.3 Å². The van der Waals surface area contributed by atoms with E-state index in [4.69, 9.17) is 10.5 Å². The summed E-state index contributed by atoms with van der Waals surface area (Å²) in [6, 6.07) is 0. The van der Waals surface area contributed by atoms with Gasteiger partial charge in [-0.2, -0.15) is 0 Å². The van der Waals surface area contributed by atoms with Crippen LogP contribution in [0.4, 0.5) is 0 Å². The third-order valence-corrected chi connectivity index (χ3v) is 3.60. The van der Waals surface area contributed by atoms with Crippen LogP contribution in [0.2, 0.25) is 0 Å². The second kappa shape index (κ2) is 3.64. The molecule has 0 spiro atoms. The first-order chi connectivity index (χ1) is 5.98. The summed E-state index contributed by atoms with van der Waals surface area (Å²) >= 11 is 1.51. The van der Waals surface area contributed by atoms with Gasteiger partial charge >= 0.3 is 0 Å². The van der Waals surface area contributed by atoms with E-state index in [9.17, 15) is 0 Å². The monoisotopic (exact) mass is 200 g/mol. The van der Waals surface area contributed by atoms with Crippen LogP contribution in [0.15, 0.2) is 6.20 Å². The fourth-order valence-electron chi connectivity index (χ4n) is 0.886. The number of ether oxygens (including phenoxy) is 1. The molecule has 4 heteroatoms. The third kappa shape index (κ3) is 2.00. The van der Waals surface area contributed by atoms with E-state index in [-0.39, 0.29) is 5.54 Å². The number of thiazole rings is 1. The van der Waals surface area contributed by atoms with Gasteiger partial charge in [0.15, 0.2) is 0 Å². The number of rotatable bonds is 3. The lowest BCUT2D eigenvalue weighted by molar-refractivity contribution is 0.357. The lowest BCUT2D eigenvalue weighted by Gasteiger charge is -2.27. The van der Waals surface area contributed by atoms with Gasteiger partial charge in [-0.3, -0.25) is 0 Å². The molecule has 0 fully saturated rings. The van der Waals surface area contributed by atoms with Gasteiger partial charge in [0.25, 0.3) is 5.19 Å². The summed E-state index contributed by atoms with van der Waals surface area (Å²) < 4.78 is 5.02. The molecule has 0 saturated heterocycles. The molecule has 1 atom stereocenters. The lowest BCUT2D eigenvalue weighted by Crippen LogP contribution is -2.37. The highest BCUT2D eigenvalue weighted by Crippen LogP contribution is 2.33. The van der Waals surface area contributed by atoms with Crippen LogP contribution in [0.25, 0.3) is 0 Å². The summed E-state index contributed by atoms with van der Waals surface area (Å²) in [5.74, 6) is 0.387. The Morgan fingerprint density at radius 2 is 2.23 bits per heavy atom. The van der Waals surface area contributed by atoms with Crippen LogP contribution in [-0.4, -0.2) is 12.1 Å². The predicted molar refractivity (Wildman–Crippen MR) is 55.0 cm³/mol. The molecule has 0 radical (unpaired) electrons. The van der Waals surface area contributed by atoms with Crippen LogP contribution in [-0.2, 0) is 5.54 Å². The van der Waals surface area contributed by atoms with Gasteiger partial charge in [0.05, 0.1) is 12.6 Å². The molecule has 0 aliphatic carbocycles. The van der Waals surface area contributed by atoms with Crippen molar-refractivity contribution in [1.29, 1.82) is 0 Å². The van der Waals surface area contributed by atoms with E-state index in [0.29, 0.717) is 11.1 Å². The van der Waals surface area contributed by atoms with Crippen molar-refractivity contribution in [3.8, 4) is 5.19 Å². The molecule has 1 aromatic heterocycles. The zero-order valence-electron chi connectivity index (χ0n) is 8.50. The Balaban J connectivity index is 2.93. The number of hydrogen-bond donors (Lipinski definition) is 1. The molecule has 1 unspecified atom stereocenters. The standard InChI is InChI=1S/C9H16N2OS/c1-6(2)9(3,10)7-5-11-8(12-4)13-7/h5-6H,10H2,1-4H3. The minimum Gasteiger partial charge on any atom is -0.473 e. The number of nitrogens with zero attached hydrogens (tertiary/aromatic N) is 1. The van der Waals surface area contributed by atoms with Crippen molar-refractivity contribution >= 4 is 11.3 Å². The van der Waals surface area contributed by atoms with Crippen LogP contribution >= 0.6 is 11.3 Å². The number of hydrogen-bond acceptors (Lipinski definition) is 4. The second-order valence-corrected chi connectivity index (χ2v) is 4.63. The average Bonchev–Trinajstić information content (AvgIpc) is 2.51. The maximum atomic E-state index is 6.16. The summed E-state index contributed by atoms with van der Waals surface area (Å²) in [6.45, 7) is 6.23. The first kappa shape index (κ1) is 10.5. The van der Waals surface area contributed by atoms with Crippen LogP contribution in [0, 0.1) is 5.92 Å². The molecule has 0 aliphatic heterocycles. The van der Waals surface area contributed by atoms with Gasteiger partial charge in [-0.15, -0.1) is 0 Å². The molecule has 0 amide bonds. The Morgan fingerprint density at radius 1 is 1.62 bits per heavy atom. The largest absolute Gasteiger partial charge is 0.473 e. The topological polar surface area (TPSA) is 48.1 Å². The maximum absolute atomic E-state index is 6.16. The van der Waals surface area contributed by atoms with E-state index in [0.717, 1.165) is 4.88 Å². The Bertz CT molecular complexity index is 281. The quantitative estimate of drug-likeness (QED) is 0.811. The number of aromatic nitrogens is 1. The molecule has 1 aromatic rings. The molecule has 0 bridgehead atoms. The molecule has 2 N–H and O–H groups in total. The summed E-state index contributed by atoms with van der Waals surface area (Å²) in [6.07, 6.45) is 1.80. The molecule has 1 heterocycles. The Kier molecular flexibility index (Phi) is 2.93. The minimum atomic E-state index is -0.311. The van der Waals surface area contributed by atoms with Crippen molar-refractivity contribution in [3.63, 3.8) is 0 Å². The van der Waals surface area contributed by atoms with Crippen molar-refractivity contribution in [2.75, 3.05) is 7.11 Å². The van der Waals surface area contributed by atoms with Crippen molar-refractivity contribution < 1.29 is 4.74 Å². The summed E-state index contributed by atoms with van der Waals surface area (Å²) in [7, 11) is 1.62. The number of nitrogens with two attached hydrogens (primary N) is 1. The Morgan fingerprint density at radius 3 is 2.62 bits per heavy atom. The summed E-state index contributed by atoms with van der Waals surface area (Å²) in [4.78, 5) is 5.17. The minimum absolute atomic E-state index is 0.311. The first-order valence-electron chi connectivity index (χ1n) is 4.27. The third-order valence-electron chi connectivity index (χ3n) is 2.39. The van der Waals surface area contributed by atoms with E-state index in [2.05, 4.69) is 18.8 Å². The summed E-state index contributed by atoms with van der Waals surface area (Å²) in [5, 5.41) is 0.673. The van der Waals surface area contributed by atoms with Crippen LogP contribution in [0.3, 0.4) is 0 Å². The van der Waals surface area contributed by atoms with Crippen LogP contribution < -0.4 is 10.5 Å². The zero-order chi connectivity index (χ0) is 10.1. The molecule has 1 rings (SSSR count). The molecule has 0 aromatic carbocycles. The van der Waals surface area contributed by atoms with Gasteiger partial charge in [-0.25, -0.2) is 4.98 Å². The number of methoxy groups -OCH3 is 1. The molecule has 3 nitrogen and oxygen atoms in total. The van der Waals surface area contributed by atoms with Crippen molar-refractivity contribution in [3.05, 3.63) is 11.1 Å². The van der Waals surface area contributed by atoms with Gasteiger partial charge in [-0.05, 0) is 12.8 Å². The second-order valence-electron chi connectivity index (χ2n) is 3.63. The fourth-order valence-corrected chi connectivity index (χ4v) is 1.82. The van der Waals surface area contributed by atoms with Crippen molar-refractivity contribution in [2.45, 2.75) is 26.3 Å². The lowest BCUT2D eigenvalue weighted by atomic mass is 9.89. The molecule has 0 aliphatic rings. The van der Waals surface area contributed by atoms with Crippen LogP contribution in [0.1, 0.15) is 25.6 Å². The van der Waals surface area contributed by atoms with Gasteiger partial charge < -0.3 is 10.5 Å². The van der Waals surface area contributed by atoms with E-state index < -0.39 is 0 Å². The van der Waals surface area contributed by atoms with E-state index in [1.807, 2.05) is 6.92 Å². The zero-order valence-corrected chi connectivity index (χ0v) is 9.31. The van der Waals surface area contributed by atoms with Crippen LogP contribution in [0.5, 0.6) is 5.19 Å². The SMILES string of the molecule is COc1ncc(C(C)(N)C(C)C)s1. The Hall–Kier alpha value is -0.610. The highest BCUT2D eigenvalue weighted by Gasteiger charge is 2.27. The molecule has 74 valence electrons. The normalized spacial score (nSPS) is 15.8. The Labute approximate surface area is 82.9 Å². The van der Waals surface area contributed by atoms with Crippen molar-refractivity contribution in [2.24, 2.45) is 11.7 Å². The molecular weight excluding hydrogens is 184 g/mol. The van der Waals surface area contributed by atoms with Gasteiger partial charge in [0.2, 0.25) is 0 Å². The van der Waals surface area contributed by atoms with E-state index >= 15 is 0 Å². The van der Waals surface area contributed by atoms with Gasteiger partial charge in [0, 0.05) is 11.1 Å².